The van der Waals surface area contributed by atoms with Gasteiger partial charge in [0.1, 0.15) is 0 Å². The summed E-state index contributed by atoms with van der Waals surface area (Å²) >= 11 is 12.3. The summed E-state index contributed by atoms with van der Waals surface area (Å²) in [6.07, 6.45) is -0.637. The molecular formula is C16H18Cl2N4O3. The first-order valence-electron chi connectivity index (χ1n) is 7.80. The van der Waals surface area contributed by atoms with Gasteiger partial charge in [0, 0.05) is 11.6 Å². The summed E-state index contributed by atoms with van der Waals surface area (Å²) in [7, 11) is 0. The lowest BCUT2D eigenvalue weighted by molar-refractivity contribution is -0.0769. The molecule has 25 heavy (non-hydrogen) atoms. The Balaban J connectivity index is 1.74. The molecule has 9 heteroatoms. The molecule has 0 spiro atoms. The van der Waals surface area contributed by atoms with Gasteiger partial charge in [-0.05, 0) is 38.5 Å². The van der Waals surface area contributed by atoms with Crippen LogP contribution in [0.3, 0.4) is 0 Å². The number of nitrogens with one attached hydrogen (secondary N) is 1. The van der Waals surface area contributed by atoms with E-state index in [1.54, 1.807) is 24.0 Å². The Bertz CT molecular complexity index is 796. The van der Waals surface area contributed by atoms with Gasteiger partial charge >= 0.3 is 6.03 Å². The highest BCUT2D eigenvalue weighted by Gasteiger charge is 2.32. The maximum absolute atomic E-state index is 12.6. The molecule has 1 aromatic heterocycles. The van der Waals surface area contributed by atoms with Gasteiger partial charge in [-0.15, -0.1) is 0 Å². The molecule has 0 saturated carbocycles. The number of morpholine rings is 1. The standard InChI is InChI=1S/C16H18Cl2N4O3/c1-8-4-12(18)13(5-11(8)17)20-16(23)22-6-9(2)24-14(7-22)15-19-10(3)21-25-15/h4-5,9,14H,6-7H2,1-3H3,(H,20,23)/t9-,14-/m1/s1. The number of nitrogens with zero attached hydrogens (tertiary/aromatic N) is 3. The van der Waals surface area contributed by atoms with Gasteiger partial charge in [-0.1, -0.05) is 28.4 Å². The van der Waals surface area contributed by atoms with E-state index in [1.165, 1.54) is 0 Å². The summed E-state index contributed by atoms with van der Waals surface area (Å²) < 4.78 is 11.0. The fourth-order valence-corrected chi connectivity index (χ4v) is 3.06. The van der Waals surface area contributed by atoms with Crippen molar-refractivity contribution in [1.82, 2.24) is 15.0 Å². The van der Waals surface area contributed by atoms with Crippen LogP contribution in [0.25, 0.3) is 0 Å². The van der Waals surface area contributed by atoms with E-state index in [1.807, 2.05) is 13.8 Å². The zero-order valence-electron chi connectivity index (χ0n) is 14.0. The lowest BCUT2D eigenvalue weighted by Gasteiger charge is -2.35. The maximum Gasteiger partial charge on any atom is 0.322 e. The number of halogens is 2. The van der Waals surface area contributed by atoms with Crippen LogP contribution in [0.15, 0.2) is 16.7 Å². The smallest absolute Gasteiger partial charge is 0.322 e. The summed E-state index contributed by atoms with van der Waals surface area (Å²) in [5.41, 5.74) is 1.31. The number of carbonyl (C=O) groups is 1. The van der Waals surface area contributed by atoms with E-state index in [4.69, 9.17) is 32.5 Å². The van der Waals surface area contributed by atoms with Gasteiger partial charge in [-0.3, -0.25) is 0 Å². The number of anilines is 1. The fraction of sp³-hybridized carbons (Fsp3) is 0.438. The number of hydrogen-bond acceptors (Lipinski definition) is 5. The molecule has 2 amide bonds. The number of amides is 2. The molecule has 3 rings (SSSR count). The first kappa shape index (κ1) is 18.0. The highest BCUT2D eigenvalue weighted by molar-refractivity contribution is 6.36. The normalized spacial score (nSPS) is 20.6. The van der Waals surface area contributed by atoms with Crippen molar-refractivity contribution in [3.63, 3.8) is 0 Å². The molecular weight excluding hydrogens is 367 g/mol. The Morgan fingerprint density at radius 2 is 2.04 bits per heavy atom. The second kappa shape index (κ2) is 7.19. The van der Waals surface area contributed by atoms with Crippen LogP contribution in [0.5, 0.6) is 0 Å². The molecule has 0 radical (unpaired) electrons. The zero-order valence-corrected chi connectivity index (χ0v) is 15.6. The molecule has 0 unspecified atom stereocenters. The van der Waals surface area contributed by atoms with Crippen molar-refractivity contribution < 1.29 is 14.1 Å². The molecule has 1 aromatic carbocycles. The average molecular weight is 385 g/mol. The maximum atomic E-state index is 12.6. The Labute approximate surface area is 155 Å². The monoisotopic (exact) mass is 384 g/mol. The van der Waals surface area contributed by atoms with Crippen molar-refractivity contribution in [2.45, 2.75) is 33.0 Å². The average Bonchev–Trinajstić information content (AvgIpc) is 2.98. The van der Waals surface area contributed by atoms with E-state index in [-0.39, 0.29) is 12.1 Å². The lowest BCUT2D eigenvalue weighted by Crippen LogP contribution is -2.47. The van der Waals surface area contributed by atoms with Crippen LogP contribution in [0.4, 0.5) is 10.5 Å². The van der Waals surface area contributed by atoms with Crippen LogP contribution in [0, 0.1) is 13.8 Å². The second-order valence-electron chi connectivity index (χ2n) is 6.03. The van der Waals surface area contributed by atoms with Crippen molar-refractivity contribution in [2.24, 2.45) is 0 Å². The van der Waals surface area contributed by atoms with Crippen LogP contribution in [-0.4, -0.2) is 40.3 Å². The molecule has 1 N–H and O–H groups in total. The number of aryl methyl sites for hydroxylation is 2. The summed E-state index contributed by atoms with van der Waals surface area (Å²) in [5, 5.41) is 7.53. The molecule has 1 fully saturated rings. The number of urea groups is 1. The number of rotatable bonds is 2. The predicted octanol–water partition coefficient (Wildman–Crippen LogP) is 3.99. The highest BCUT2D eigenvalue weighted by Crippen LogP contribution is 2.30. The molecule has 1 saturated heterocycles. The van der Waals surface area contributed by atoms with Gasteiger partial charge < -0.3 is 19.5 Å². The molecule has 7 nitrogen and oxygen atoms in total. The van der Waals surface area contributed by atoms with E-state index >= 15 is 0 Å². The van der Waals surface area contributed by atoms with Crippen LogP contribution >= 0.6 is 23.2 Å². The van der Waals surface area contributed by atoms with Crippen molar-refractivity contribution in [3.05, 3.63) is 39.5 Å². The third-order valence-electron chi connectivity index (χ3n) is 3.86. The van der Waals surface area contributed by atoms with Crippen LogP contribution in [-0.2, 0) is 4.74 Å². The van der Waals surface area contributed by atoms with Gasteiger partial charge in [-0.25, -0.2) is 4.79 Å². The summed E-state index contributed by atoms with van der Waals surface area (Å²) in [6, 6.07) is 3.06. The molecule has 0 aliphatic carbocycles. The molecule has 2 aromatic rings. The number of carbonyl (C=O) groups excluding carboxylic acids is 1. The minimum absolute atomic E-state index is 0.172. The van der Waals surface area contributed by atoms with Gasteiger partial charge in [0.25, 0.3) is 5.89 Å². The Hall–Kier alpha value is -1.83. The van der Waals surface area contributed by atoms with Gasteiger partial charge in [0.2, 0.25) is 0 Å². The third-order valence-corrected chi connectivity index (χ3v) is 4.58. The summed E-state index contributed by atoms with van der Waals surface area (Å²) in [6.45, 7) is 6.19. The van der Waals surface area contributed by atoms with E-state index in [9.17, 15) is 4.79 Å². The van der Waals surface area contributed by atoms with Crippen molar-refractivity contribution in [2.75, 3.05) is 18.4 Å². The largest absolute Gasteiger partial charge is 0.362 e. The van der Waals surface area contributed by atoms with Crippen molar-refractivity contribution >= 4 is 34.9 Å². The third kappa shape index (κ3) is 4.05. The number of ether oxygens (including phenoxy) is 1. The van der Waals surface area contributed by atoms with Crippen LogP contribution in [0.2, 0.25) is 10.0 Å². The van der Waals surface area contributed by atoms with Crippen LogP contribution in [0.1, 0.15) is 30.3 Å². The second-order valence-corrected chi connectivity index (χ2v) is 6.85. The number of benzene rings is 1. The molecule has 1 aliphatic heterocycles. The quantitative estimate of drug-likeness (QED) is 0.846. The SMILES string of the molecule is Cc1noc([C@H]2CN(C(=O)Nc3cc(Cl)c(C)cc3Cl)C[C@@H](C)O2)n1. The Kier molecular flexibility index (Phi) is 5.17. The first-order valence-corrected chi connectivity index (χ1v) is 8.56. The lowest BCUT2D eigenvalue weighted by atomic mass is 10.2. The topological polar surface area (TPSA) is 80.5 Å². The number of aromatic nitrogens is 2. The van der Waals surface area contributed by atoms with Gasteiger partial charge in [0.05, 0.1) is 23.4 Å². The van der Waals surface area contributed by atoms with E-state index in [2.05, 4.69) is 15.5 Å². The Morgan fingerprint density at radius 3 is 2.72 bits per heavy atom. The first-order chi connectivity index (χ1) is 11.8. The number of hydrogen-bond donors (Lipinski definition) is 1. The fourth-order valence-electron chi connectivity index (χ4n) is 2.63. The van der Waals surface area contributed by atoms with Crippen LogP contribution < -0.4 is 5.32 Å². The summed E-state index contributed by atoms with van der Waals surface area (Å²) in [4.78, 5) is 18.4. The van der Waals surface area contributed by atoms with E-state index in [0.29, 0.717) is 40.5 Å². The van der Waals surface area contributed by atoms with Crippen molar-refractivity contribution in [3.8, 4) is 0 Å². The van der Waals surface area contributed by atoms with Gasteiger partial charge in [0.15, 0.2) is 11.9 Å². The molecule has 134 valence electrons. The molecule has 0 bridgehead atoms. The highest BCUT2D eigenvalue weighted by atomic mass is 35.5. The van der Waals surface area contributed by atoms with E-state index in [0.717, 1.165) is 5.56 Å². The predicted molar refractivity (Wildman–Crippen MR) is 94.1 cm³/mol. The van der Waals surface area contributed by atoms with Crippen molar-refractivity contribution in [1.29, 1.82) is 0 Å². The molecule has 2 atom stereocenters. The van der Waals surface area contributed by atoms with Gasteiger partial charge in [-0.2, -0.15) is 4.98 Å². The van der Waals surface area contributed by atoms with E-state index < -0.39 is 6.10 Å². The summed E-state index contributed by atoms with van der Waals surface area (Å²) in [5.74, 6) is 0.882. The Morgan fingerprint density at radius 1 is 1.28 bits per heavy atom. The minimum atomic E-state index is -0.465. The zero-order chi connectivity index (χ0) is 18.1. The molecule has 2 heterocycles. The molecule has 1 aliphatic rings. The minimum Gasteiger partial charge on any atom is -0.362 e.